The molecule has 3 atom stereocenters. The molecule has 0 saturated carbocycles. The maximum atomic E-state index is 13.4. The fourth-order valence-corrected chi connectivity index (χ4v) is 8.06. The third kappa shape index (κ3) is 46.6. The topological polar surface area (TPSA) is 114 Å². The Morgan fingerprint density at radius 2 is 1.00 bits per heavy atom. The number of ether oxygens (including phenoxy) is 1. The van der Waals surface area contributed by atoms with Gasteiger partial charge in [-0.25, -0.2) is 0 Å². The van der Waals surface area contributed by atoms with Crippen LogP contribution >= 0.6 is 7.82 Å². The second kappa shape index (κ2) is 45.5. The SMILES string of the molecule is CC/C=C/C=C/C=C\CCCCCCCC(=O)OC(/C=C/CCCCCCCCCCCCC)C(COP(=O)([O-])OCC[N+](C)(C)C)NC(=O)CCCCC/C=C\CCCCCCCC. The molecule has 0 aromatic carbocycles. The van der Waals surface area contributed by atoms with Crippen LogP contribution in [0.5, 0.6) is 0 Å². The lowest BCUT2D eigenvalue weighted by Gasteiger charge is -2.30. The highest BCUT2D eigenvalue weighted by atomic mass is 31.2. The normalized spacial score (nSPS) is 14.4. The lowest BCUT2D eigenvalue weighted by atomic mass is 10.0. The van der Waals surface area contributed by atoms with E-state index in [9.17, 15) is 19.0 Å². The Bertz CT molecular complexity index is 1300. The summed E-state index contributed by atoms with van der Waals surface area (Å²) in [5.74, 6) is -0.586. The first-order valence-corrected chi connectivity index (χ1v) is 28.1. The smallest absolute Gasteiger partial charge is 0.306 e. The van der Waals surface area contributed by atoms with Crippen LogP contribution in [0.1, 0.15) is 226 Å². The van der Waals surface area contributed by atoms with Crippen LogP contribution in [0, 0.1) is 0 Å². The fraction of sp³-hybridized carbons (Fsp3) is 0.782. The molecule has 0 aromatic heterocycles. The first-order chi connectivity index (χ1) is 31.4. The van der Waals surface area contributed by atoms with Crippen LogP contribution in [-0.4, -0.2) is 69.4 Å². The standard InChI is InChI=1S/C55H101N2O7P/c1-7-10-13-16-19-22-25-28-31-34-37-40-43-46-53(64-55(59)48-45-42-39-36-33-30-27-24-21-18-15-12-9-3)52(51-63-65(60,61)62-50-49-57(4,5)6)56-54(58)47-44-41-38-35-32-29-26-23-20-17-14-11-8-2/h12,15,18,21,24,27,29,32,43,46,52-53H,7-11,13-14,16-17,19-20,22-23,25-26,28,30-31,33-42,44-45,47-51H2,1-6H3,(H-,56,58,60,61)/b15-12+,21-18+,27-24-,32-29-,46-43+. The Balaban J connectivity index is 5.49. The third-order valence-electron chi connectivity index (χ3n) is 11.5. The molecule has 0 heterocycles. The summed E-state index contributed by atoms with van der Waals surface area (Å²) in [4.78, 5) is 39.7. The lowest BCUT2D eigenvalue weighted by molar-refractivity contribution is -0.870. The predicted octanol–water partition coefficient (Wildman–Crippen LogP) is 14.9. The van der Waals surface area contributed by atoms with E-state index in [0.29, 0.717) is 30.3 Å². The van der Waals surface area contributed by atoms with Crippen molar-refractivity contribution in [2.75, 3.05) is 40.9 Å². The number of phosphoric acid groups is 1. The Morgan fingerprint density at radius 3 is 1.52 bits per heavy atom. The van der Waals surface area contributed by atoms with Crippen molar-refractivity contribution in [1.29, 1.82) is 0 Å². The van der Waals surface area contributed by atoms with E-state index < -0.39 is 26.6 Å². The molecule has 0 rings (SSSR count). The van der Waals surface area contributed by atoms with Gasteiger partial charge in [0.25, 0.3) is 7.82 Å². The van der Waals surface area contributed by atoms with E-state index in [-0.39, 0.29) is 24.9 Å². The number of quaternary nitrogens is 1. The minimum atomic E-state index is -4.70. The molecule has 0 fully saturated rings. The fourth-order valence-electron chi connectivity index (χ4n) is 7.34. The molecule has 3 unspecified atom stereocenters. The molecule has 0 radical (unpaired) electrons. The summed E-state index contributed by atoms with van der Waals surface area (Å²) in [7, 11) is 1.16. The molecular formula is C55H101N2O7P. The van der Waals surface area contributed by atoms with Crippen LogP contribution in [0.15, 0.2) is 60.8 Å². The highest BCUT2D eigenvalue weighted by molar-refractivity contribution is 7.45. The lowest BCUT2D eigenvalue weighted by Crippen LogP contribution is -2.47. The zero-order valence-electron chi connectivity index (χ0n) is 42.9. The molecule has 1 amide bonds. The summed E-state index contributed by atoms with van der Waals surface area (Å²) in [6.07, 6.45) is 54.7. The minimum absolute atomic E-state index is 0.0300. The van der Waals surface area contributed by atoms with E-state index in [1.165, 1.54) is 96.3 Å². The zero-order chi connectivity index (χ0) is 48.0. The van der Waals surface area contributed by atoms with Gasteiger partial charge in [-0.1, -0.05) is 197 Å². The molecule has 0 aliphatic rings. The second-order valence-corrected chi connectivity index (χ2v) is 20.5. The van der Waals surface area contributed by atoms with Crippen LogP contribution in [0.3, 0.4) is 0 Å². The molecule has 0 spiro atoms. The average molecular weight is 933 g/mol. The van der Waals surface area contributed by atoms with Gasteiger partial charge >= 0.3 is 5.97 Å². The number of hydrogen-bond acceptors (Lipinski definition) is 7. The summed E-state index contributed by atoms with van der Waals surface area (Å²) in [6.45, 7) is 6.66. The molecule has 10 heteroatoms. The van der Waals surface area contributed by atoms with Crippen molar-refractivity contribution in [2.24, 2.45) is 0 Å². The maximum Gasteiger partial charge on any atom is 0.306 e. The number of amides is 1. The summed E-state index contributed by atoms with van der Waals surface area (Å²) >= 11 is 0. The van der Waals surface area contributed by atoms with Gasteiger partial charge in [-0.05, 0) is 76.7 Å². The van der Waals surface area contributed by atoms with E-state index in [0.717, 1.165) is 83.5 Å². The van der Waals surface area contributed by atoms with Gasteiger partial charge in [0.15, 0.2) is 0 Å². The molecule has 0 aliphatic carbocycles. The van der Waals surface area contributed by atoms with Crippen molar-refractivity contribution in [3.05, 3.63) is 60.8 Å². The van der Waals surface area contributed by atoms with Gasteiger partial charge in [-0.3, -0.25) is 14.2 Å². The van der Waals surface area contributed by atoms with E-state index in [1.54, 1.807) is 0 Å². The zero-order valence-corrected chi connectivity index (χ0v) is 43.8. The van der Waals surface area contributed by atoms with E-state index in [2.05, 4.69) is 68.6 Å². The van der Waals surface area contributed by atoms with Crippen molar-refractivity contribution in [3.8, 4) is 0 Å². The first-order valence-electron chi connectivity index (χ1n) is 26.6. The molecular weight excluding hydrogens is 832 g/mol. The summed E-state index contributed by atoms with van der Waals surface area (Å²) in [5, 5.41) is 2.99. The van der Waals surface area contributed by atoms with E-state index in [4.69, 9.17) is 13.8 Å². The number of carbonyl (C=O) groups excluding carboxylic acids is 2. The summed E-state index contributed by atoms with van der Waals surface area (Å²) in [6, 6.07) is -0.903. The largest absolute Gasteiger partial charge is 0.756 e. The van der Waals surface area contributed by atoms with Gasteiger partial charge in [0, 0.05) is 12.8 Å². The number of hydrogen-bond donors (Lipinski definition) is 1. The quantitative estimate of drug-likeness (QED) is 0.0161. The molecule has 0 saturated heterocycles. The second-order valence-electron chi connectivity index (χ2n) is 19.1. The van der Waals surface area contributed by atoms with Crippen molar-refractivity contribution in [3.63, 3.8) is 0 Å². The number of allylic oxidation sites excluding steroid dienone is 9. The highest BCUT2D eigenvalue weighted by Gasteiger charge is 2.27. The number of carbonyl (C=O) groups is 2. The molecule has 0 aromatic rings. The molecule has 378 valence electrons. The molecule has 0 bridgehead atoms. The van der Waals surface area contributed by atoms with Gasteiger partial charge in [0.2, 0.25) is 5.91 Å². The minimum Gasteiger partial charge on any atom is -0.756 e. The van der Waals surface area contributed by atoms with Crippen LogP contribution in [-0.2, 0) is 27.9 Å². The molecule has 1 N–H and O–H groups in total. The first kappa shape index (κ1) is 62.7. The van der Waals surface area contributed by atoms with E-state index in [1.807, 2.05) is 39.4 Å². The number of rotatable bonds is 47. The Hall–Kier alpha value is -2.29. The van der Waals surface area contributed by atoms with Crippen molar-refractivity contribution in [2.45, 2.75) is 238 Å². The third-order valence-corrected chi connectivity index (χ3v) is 12.5. The Kier molecular flexibility index (Phi) is 43.9. The summed E-state index contributed by atoms with van der Waals surface area (Å²) in [5.41, 5.74) is 0. The van der Waals surface area contributed by atoms with Gasteiger partial charge in [0.05, 0.1) is 33.8 Å². The van der Waals surface area contributed by atoms with Crippen molar-refractivity contribution >= 4 is 19.7 Å². The van der Waals surface area contributed by atoms with Gasteiger partial charge < -0.3 is 28.5 Å². The van der Waals surface area contributed by atoms with Crippen molar-refractivity contribution in [1.82, 2.24) is 5.32 Å². The Morgan fingerprint density at radius 1 is 0.554 bits per heavy atom. The number of likely N-dealkylation sites (N-methyl/N-ethyl adjacent to an activating group) is 1. The van der Waals surface area contributed by atoms with Crippen LogP contribution < -0.4 is 10.2 Å². The van der Waals surface area contributed by atoms with E-state index >= 15 is 0 Å². The van der Waals surface area contributed by atoms with Crippen LogP contribution in [0.4, 0.5) is 0 Å². The number of nitrogens with one attached hydrogen (secondary N) is 1. The molecule has 0 aliphatic heterocycles. The highest BCUT2D eigenvalue weighted by Crippen LogP contribution is 2.38. The number of nitrogens with zero attached hydrogens (tertiary/aromatic N) is 1. The van der Waals surface area contributed by atoms with Gasteiger partial charge in [0.1, 0.15) is 19.3 Å². The predicted molar refractivity (Wildman–Crippen MR) is 275 cm³/mol. The van der Waals surface area contributed by atoms with Gasteiger partial charge in [-0.2, -0.15) is 0 Å². The monoisotopic (exact) mass is 933 g/mol. The number of unbranched alkanes of at least 4 members (excludes halogenated alkanes) is 25. The van der Waals surface area contributed by atoms with Crippen LogP contribution in [0.25, 0.3) is 0 Å². The van der Waals surface area contributed by atoms with Gasteiger partial charge in [-0.15, -0.1) is 0 Å². The van der Waals surface area contributed by atoms with Crippen molar-refractivity contribution < 1.29 is 37.3 Å². The molecule has 65 heavy (non-hydrogen) atoms. The van der Waals surface area contributed by atoms with Crippen LogP contribution in [0.2, 0.25) is 0 Å². The average Bonchev–Trinajstić information content (AvgIpc) is 3.26. The molecule has 9 nitrogen and oxygen atoms in total. The maximum absolute atomic E-state index is 13.4. The summed E-state index contributed by atoms with van der Waals surface area (Å²) < 4.78 is 30.1. The number of esters is 1. The Labute approximate surface area is 401 Å². The number of phosphoric ester groups is 1.